The van der Waals surface area contributed by atoms with Crippen LogP contribution < -0.4 is 5.32 Å². The van der Waals surface area contributed by atoms with Crippen LogP contribution in [0.2, 0.25) is 0 Å². The highest BCUT2D eigenvalue weighted by molar-refractivity contribution is 5.78. The van der Waals surface area contributed by atoms with E-state index in [1.54, 1.807) is 0 Å². The van der Waals surface area contributed by atoms with Crippen molar-refractivity contribution in [2.45, 2.75) is 51.5 Å². The summed E-state index contributed by atoms with van der Waals surface area (Å²) in [6.45, 7) is 4.84. The van der Waals surface area contributed by atoms with E-state index in [-0.39, 0.29) is 17.9 Å². The van der Waals surface area contributed by atoms with E-state index in [9.17, 15) is 4.79 Å². The van der Waals surface area contributed by atoms with Crippen molar-refractivity contribution in [2.75, 3.05) is 19.6 Å². The van der Waals surface area contributed by atoms with Crippen LogP contribution in [0.25, 0.3) is 0 Å². The number of rotatable bonds is 5. The van der Waals surface area contributed by atoms with E-state index in [0.717, 1.165) is 37.5 Å². The van der Waals surface area contributed by atoms with E-state index in [4.69, 9.17) is 4.42 Å². The number of carbonyl (C=O) groups excluding carboxylic acids is 1. The minimum absolute atomic E-state index is 0.187. The number of nitrogens with one attached hydrogen (secondary N) is 1. The Morgan fingerprint density at radius 3 is 2.62 bits per heavy atom. The van der Waals surface area contributed by atoms with Crippen LogP contribution in [0.3, 0.4) is 0 Å². The molecule has 116 valence electrons. The summed E-state index contributed by atoms with van der Waals surface area (Å²) in [6.07, 6.45) is 7.00. The lowest BCUT2D eigenvalue weighted by Crippen LogP contribution is -2.38. The summed E-state index contributed by atoms with van der Waals surface area (Å²) in [4.78, 5) is 14.7. The van der Waals surface area contributed by atoms with Crippen LogP contribution in [0.5, 0.6) is 0 Å². The van der Waals surface area contributed by atoms with Gasteiger partial charge < -0.3 is 9.73 Å². The zero-order valence-corrected chi connectivity index (χ0v) is 12.9. The number of hydrogen-bond acceptors (Lipinski definition) is 3. The minimum Gasteiger partial charge on any atom is -0.465 e. The molecule has 1 aromatic heterocycles. The molecule has 4 nitrogen and oxygen atoms in total. The van der Waals surface area contributed by atoms with Gasteiger partial charge in [-0.05, 0) is 57.8 Å². The number of carbonyl (C=O) groups is 1. The van der Waals surface area contributed by atoms with E-state index < -0.39 is 0 Å². The largest absolute Gasteiger partial charge is 0.465 e. The van der Waals surface area contributed by atoms with Gasteiger partial charge in [0.05, 0.1) is 6.04 Å². The van der Waals surface area contributed by atoms with Crippen LogP contribution in [-0.2, 0) is 4.79 Å². The molecule has 1 amide bonds. The van der Waals surface area contributed by atoms with E-state index in [0.29, 0.717) is 6.54 Å². The molecule has 4 heteroatoms. The summed E-state index contributed by atoms with van der Waals surface area (Å²) >= 11 is 0. The molecule has 2 heterocycles. The molecular formula is C17H26N2O2. The third-order valence-corrected chi connectivity index (χ3v) is 4.87. The van der Waals surface area contributed by atoms with Gasteiger partial charge in [0.1, 0.15) is 11.5 Å². The molecule has 0 bridgehead atoms. The van der Waals surface area contributed by atoms with Crippen molar-refractivity contribution in [1.82, 2.24) is 10.2 Å². The molecular weight excluding hydrogens is 264 g/mol. The van der Waals surface area contributed by atoms with Gasteiger partial charge in [0.25, 0.3) is 0 Å². The molecule has 1 aliphatic carbocycles. The molecule has 1 saturated carbocycles. The van der Waals surface area contributed by atoms with Crippen molar-refractivity contribution in [2.24, 2.45) is 5.92 Å². The molecule has 21 heavy (non-hydrogen) atoms. The molecule has 0 spiro atoms. The highest BCUT2D eigenvalue weighted by Gasteiger charge is 2.28. The average molecular weight is 290 g/mol. The molecule has 1 saturated heterocycles. The summed E-state index contributed by atoms with van der Waals surface area (Å²) in [5.41, 5.74) is 0. The number of aryl methyl sites for hydroxylation is 1. The Morgan fingerprint density at radius 2 is 2.00 bits per heavy atom. The molecule has 1 atom stereocenters. The Labute approximate surface area is 126 Å². The Balaban J connectivity index is 1.63. The fraction of sp³-hybridized carbons (Fsp3) is 0.706. The van der Waals surface area contributed by atoms with Gasteiger partial charge in [-0.15, -0.1) is 0 Å². The summed E-state index contributed by atoms with van der Waals surface area (Å²) in [5.74, 6) is 2.40. The SMILES string of the molecule is Cc1ccc([C@H](CNC(=O)C2CCCC2)N2CCCC2)o1. The molecule has 3 rings (SSSR count). The molecule has 1 N–H and O–H groups in total. The van der Waals surface area contributed by atoms with E-state index in [2.05, 4.69) is 16.3 Å². The van der Waals surface area contributed by atoms with E-state index in [1.165, 1.54) is 25.7 Å². The monoisotopic (exact) mass is 290 g/mol. The zero-order chi connectivity index (χ0) is 14.7. The maximum Gasteiger partial charge on any atom is 0.223 e. The van der Waals surface area contributed by atoms with Crippen LogP contribution in [0.1, 0.15) is 56.1 Å². The van der Waals surface area contributed by atoms with Gasteiger partial charge in [-0.25, -0.2) is 0 Å². The average Bonchev–Trinajstić information content (AvgIpc) is 3.21. The molecule has 1 aromatic rings. The second kappa shape index (κ2) is 6.65. The second-order valence-corrected chi connectivity index (χ2v) is 6.43. The second-order valence-electron chi connectivity index (χ2n) is 6.43. The minimum atomic E-state index is 0.187. The lowest BCUT2D eigenvalue weighted by Gasteiger charge is -2.26. The molecule has 1 aliphatic heterocycles. The Morgan fingerprint density at radius 1 is 1.29 bits per heavy atom. The van der Waals surface area contributed by atoms with E-state index >= 15 is 0 Å². The van der Waals surface area contributed by atoms with Crippen molar-refractivity contribution in [1.29, 1.82) is 0 Å². The Bertz CT molecular complexity index is 471. The maximum absolute atomic E-state index is 12.2. The van der Waals surface area contributed by atoms with Gasteiger partial charge >= 0.3 is 0 Å². The first-order chi connectivity index (χ1) is 10.2. The fourth-order valence-electron chi connectivity index (χ4n) is 3.63. The Kier molecular flexibility index (Phi) is 4.63. The van der Waals surface area contributed by atoms with Gasteiger partial charge in [0.2, 0.25) is 5.91 Å². The predicted octanol–water partition coefficient (Wildman–Crippen LogP) is 3.03. The lowest BCUT2D eigenvalue weighted by atomic mass is 10.1. The lowest BCUT2D eigenvalue weighted by molar-refractivity contribution is -0.125. The molecule has 0 aromatic carbocycles. The van der Waals surface area contributed by atoms with Crippen LogP contribution in [-0.4, -0.2) is 30.4 Å². The van der Waals surface area contributed by atoms with Crippen LogP contribution in [0, 0.1) is 12.8 Å². The van der Waals surface area contributed by atoms with Crippen LogP contribution in [0.15, 0.2) is 16.5 Å². The maximum atomic E-state index is 12.2. The van der Waals surface area contributed by atoms with Crippen molar-refractivity contribution in [3.8, 4) is 0 Å². The highest BCUT2D eigenvalue weighted by atomic mass is 16.3. The standard InChI is InChI=1S/C17H26N2O2/c1-13-8-9-16(21-13)15(19-10-4-5-11-19)12-18-17(20)14-6-2-3-7-14/h8-9,14-15H,2-7,10-12H2,1H3,(H,18,20)/t15-/m0/s1. The molecule has 2 fully saturated rings. The van der Waals surface area contributed by atoms with Gasteiger partial charge in [-0.3, -0.25) is 9.69 Å². The molecule has 2 aliphatic rings. The van der Waals surface area contributed by atoms with Crippen LogP contribution in [0.4, 0.5) is 0 Å². The summed E-state index contributed by atoms with van der Waals surface area (Å²) in [7, 11) is 0. The third-order valence-electron chi connectivity index (χ3n) is 4.87. The number of furan rings is 1. The third kappa shape index (κ3) is 3.49. The summed E-state index contributed by atoms with van der Waals surface area (Å²) < 4.78 is 5.82. The normalized spacial score (nSPS) is 21.8. The van der Waals surface area contributed by atoms with Crippen molar-refractivity contribution >= 4 is 5.91 Å². The number of hydrogen-bond donors (Lipinski definition) is 1. The number of amides is 1. The number of nitrogens with zero attached hydrogens (tertiary/aromatic N) is 1. The first-order valence-corrected chi connectivity index (χ1v) is 8.32. The van der Waals surface area contributed by atoms with Crippen molar-refractivity contribution < 1.29 is 9.21 Å². The van der Waals surface area contributed by atoms with Gasteiger partial charge in [-0.1, -0.05) is 12.8 Å². The molecule has 0 radical (unpaired) electrons. The zero-order valence-electron chi connectivity index (χ0n) is 12.9. The fourth-order valence-corrected chi connectivity index (χ4v) is 3.63. The first kappa shape index (κ1) is 14.6. The van der Waals surface area contributed by atoms with Gasteiger partial charge in [0, 0.05) is 12.5 Å². The van der Waals surface area contributed by atoms with E-state index in [1.807, 2.05) is 13.0 Å². The topological polar surface area (TPSA) is 45.5 Å². The summed E-state index contributed by atoms with van der Waals surface area (Å²) in [5, 5.41) is 3.17. The van der Waals surface area contributed by atoms with Crippen molar-refractivity contribution in [3.05, 3.63) is 23.7 Å². The van der Waals surface area contributed by atoms with Gasteiger partial charge in [0.15, 0.2) is 0 Å². The first-order valence-electron chi connectivity index (χ1n) is 8.32. The highest BCUT2D eigenvalue weighted by Crippen LogP contribution is 2.27. The molecule has 0 unspecified atom stereocenters. The summed E-state index contributed by atoms with van der Waals surface area (Å²) in [6, 6.07) is 4.25. The quantitative estimate of drug-likeness (QED) is 0.906. The number of likely N-dealkylation sites (tertiary alicyclic amines) is 1. The van der Waals surface area contributed by atoms with Crippen LogP contribution >= 0.6 is 0 Å². The smallest absolute Gasteiger partial charge is 0.223 e. The van der Waals surface area contributed by atoms with Gasteiger partial charge in [-0.2, -0.15) is 0 Å². The van der Waals surface area contributed by atoms with Crippen molar-refractivity contribution in [3.63, 3.8) is 0 Å². The Hall–Kier alpha value is -1.29. The predicted molar refractivity (Wildman–Crippen MR) is 82.0 cm³/mol.